The van der Waals surface area contributed by atoms with Crippen LogP contribution >= 0.6 is 0 Å². The predicted molar refractivity (Wildman–Crippen MR) is 59.5 cm³/mol. The van der Waals surface area contributed by atoms with Crippen LogP contribution in [0.15, 0.2) is 0 Å². The van der Waals surface area contributed by atoms with Gasteiger partial charge in [0.25, 0.3) is 0 Å². The summed E-state index contributed by atoms with van der Waals surface area (Å²) in [5, 5.41) is 0. The van der Waals surface area contributed by atoms with E-state index in [1.807, 2.05) is 0 Å². The number of carbonyl (C=O) groups excluding carboxylic acids is 1. The van der Waals surface area contributed by atoms with Crippen molar-refractivity contribution in [1.82, 2.24) is 4.31 Å². The average molecular weight is 263 g/mol. The fourth-order valence-corrected chi connectivity index (χ4v) is 3.29. The van der Waals surface area contributed by atoms with Crippen LogP contribution in [0.3, 0.4) is 0 Å². The molecule has 17 heavy (non-hydrogen) atoms. The van der Waals surface area contributed by atoms with Crippen molar-refractivity contribution in [2.45, 2.75) is 51.2 Å². The van der Waals surface area contributed by atoms with Crippen molar-refractivity contribution < 1.29 is 22.1 Å². The van der Waals surface area contributed by atoms with Crippen LogP contribution in [0.4, 0.5) is 4.79 Å². The third-order valence-corrected chi connectivity index (χ3v) is 4.23. The summed E-state index contributed by atoms with van der Waals surface area (Å²) < 4.78 is 34.2. The minimum Gasteiger partial charge on any atom is -0.443 e. The monoisotopic (exact) mass is 263 g/mol. The fraction of sp³-hybridized carbons (Fsp3) is 0.900. The van der Waals surface area contributed by atoms with Crippen molar-refractivity contribution in [3.05, 3.63) is 0 Å². The van der Waals surface area contributed by atoms with E-state index in [9.17, 15) is 13.2 Å². The van der Waals surface area contributed by atoms with Gasteiger partial charge in [0.15, 0.2) is 0 Å². The van der Waals surface area contributed by atoms with Gasteiger partial charge in [-0.15, -0.1) is 0 Å². The second kappa shape index (κ2) is 3.58. The van der Waals surface area contributed by atoms with Crippen LogP contribution in [0.1, 0.15) is 40.0 Å². The molecule has 0 bridgehead atoms. The summed E-state index contributed by atoms with van der Waals surface area (Å²) >= 11 is 0. The number of nitrogens with zero attached hydrogens (tertiary/aromatic N) is 1. The summed E-state index contributed by atoms with van der Waals surface area (Å²) in [4.78, 5) is 11.7. The van der Waals surface area contributed by atoms with Gasteiger partial charge in [-0.25, -0.2) is 8.98 Å². The Balaban J connectivity index is 2.13. The summed E-state index contributed by atoms with van der Waals surface area (Å²) in [6.45, 7) is 5.14. The molecule has 1 spiro atoms. The molecule has 2 aliphatic rings. The Hall–Kier alpha value is -0.820. The van der Waals surface area contributed by atoms with E-state index in [1.54, 1.807) is 20.8 Å². The highest BCUT2D eigenvalue weighted by molar-refractivity contribution is 7.85. The number of carbonyl (C=O) groups is 1. The molecular formula is C10H17NO5S. The third kappa shape index (κ3) is 2.40. The number of rotatable bonds is 0. The zero-order valence-electron chi connectivity index (χ0n) is 10.2. The Kier molecular flexibility index (Phi) is 2.66. The summed E-state index contributed by atoms with van der Waals surface area (Å²) in [5.74, 6) is 0. The molecule has 0 aromatic rings. The maximum Gasteiger partial charge on any atom is 0.425 e. The maximum atomic E-state index is 11.7. The maximum absolute atomic E-state index is 11.7. The molecule has 2 rings (SSSR count). The van der Waals surface area contributed by atoms with Gasteiger partial charge in [-0.05, 0) is 40.0 Å². The Morgan fingerprint density at radius 1 is 1.35 bits per heavy atom. The number of hydrogen-bond donors (Lipinski definition) is 0. The van der Waals surface area contributed by atoms with E-state index in [0.717, 1.165) is 6.42 Å². The van der Waals surface area contributed by atoms with Crippen LogP contribution < -0.4 is 0 Å². The van der Waals surface area contributed by atoms with Crippen molar-refractivity contribution in [1.29, 1.82) is 0 Å². The van der Waals surface area contributed by atoms with E-state index in [-0.39, 0.29) is 6.54 Å². The molecule has 6 nitrogen and oxygen atoms in total. The summed E-state index contributed by atoms with van der Waals surface area (Å²) in [6, 6.07) is 0. The lowest BCUT2D eigenvalue weighted by Gasteiger charge is -2.34. The molecule has 1 amide bonds. The van der Waals surface area contributed by atoms with Crippen LogP contribution in [0.5, 0.6) is 0 Å². The van der Waals surface area contributed by atoms with Crippen LogP contribution in [0, 0.1) is 0 Å². The average Bonchev–Trinajstić information content (AvgIpc) is 2.33. The van der Waals surface area contributed by atoms with Crippen LogP contribution in [0.25, 0.3) is 0 Å². The van der Waals surface area contributed by atoms with Crippen molar-refractivity contribution in [2.75, 3.05) is 6.54 Å². The highest BCUT2D eigenvalue weighted by Crippen LogP contribution is 2.43. The van der Waals surface area contributed by atoms with Gasteiger partial charge in [0.1, 0.15) is 11.2 Å². The Labute approximate surface area is 101 Å². The first-order chi connectivity index (χ1) is 7.64. The van der Waals surface area contributed by atoms with E-state index in [4.69, 9.17) is 8.92 Å². The van der Waals surface area contributed by atoms with Crippen molar-refractivity contribution in [3.8, 4) is 0 Å². The van der Waals surface area contributed by atoms with Gasteiger partial charge in [-0.3, -0.25) is 0 Å². The van der Waals surface area contributed by atoms with Gasteiger partial charge in [0, 0.05) is 0 Å². The minimum absolute atomic E-state index is 0.0737. The standard InChI is InChI=1S/C10H17NO5S/c1-9(2,3)15-8(12)11-7-10(5-4-6-10)16-17(11,13)14/h4-7H2,1-3H3. The largest absolute Gasteiger partial charge is 0.443 e. The Bertz CT molecular complexity index is 432. The fourth-order valence-electron chi connectivity index (χ4n) is 1.92. The molecule has 1 saturated heterocycles. The Morgan fingerprint density at radius 3 is 2.29 bits per heavy atom. The summed E-state index contributed by atoms with van der Waals surface area (Å²) in [7, 11) is -3.97. The molecule has 0 unspecified atom stereocenters. The van der Waals surface area contributed by atoms with Crippen molar-refractivity contribution in [2.24, 2.45) is 0 Å². The zero-order valence-corrected chi connectivity index (χ0v) is 11.0. The van der Waals surface area contributed by atoms with Gasteiger partial charge in [-0.1, -0.05) is 0 Å². The molecule has 1 aliphatic carbocycles. The molecule has 1 heterocycles. The molecule has 98 valence electrons. The quantitative estimate of drug-likeness (QED) is 0.661. The topological polar surface area (TPSA) is 72.9 Å². The van der Waals surface area contributed by atoms with E-state index >= 15 is 0 Å². The number of amides is 1. The van der Waals surface area contributed by atoms with Gasteiger partial charge in [-0.2, -0.15) is 12.7 Å². The van der Waals surface area contributed by atoms with Crippen LogP contribution in [-0.4, -0.2) is 36.6 Å². The van der Waals surface area contributed by atoms with Crippen LogP contribution in [-0.2, 0) is 19.2 Å². The van der Waals surface area contributed by atoms with E-state index in [0.29, 0.717) is 17.1 Å². The summed E-state index contributed by atoms with van der Waals surface area (Å²) in [6.07, 6.45) is 1.41. The lowest BCUT2D eigenvalue weighted by molar-refractivity contribution is 0.0121. The highest BCUT2D eigenvalue weighted by atomic mass is 32.2. The first-order valence-electron chi connectivity index (χ1n) is 5.60. The minimum atomic E-state index is -3.97. The van der Waals surface area contributed by atoms with Gasteiger partial charge < -0.3 is 4.74 Å². The molecule has 0 atom stereocenters. The lowest BCUT2D eigenvalue weighted by atomic mass is 9.80. The van der Waals surface area contributed by atoms with Gasteiger partial charge >= 0.3 is 16.4 Å². The predicted octanol–water partition coefficient (Wildman–Crippen LogP) is 1.42. The normalized spacial score (nSPS) is 25.7. The summed E-state index contributed by atoms with van der Waals surface area (Å²) in [5.41, 5.74) is -1.41. The van der Waals surface area contributed by atoms with E-state index in [2.05, 4.69) is 0 Å². The highest BCUT2D eigenvalue weighted by Gasteiger charge is 2.55. The number of hydrogen-bond acceptors (Lipinski definition) is 5. The molecule has 0 aromatic carbocycles. The Morgan fingerprint density at radius 2 is 1.94 bits per heavy atom. The van der Waals surface area contributed by atoms with Crippen molar-refractivity contribution >= 4 is 16.4 Å². The smallest absolute Gasteiger partial charge is 0.425 e. The first-order valence-corrected chi connectivity index (χ1v) is 6.96. The lowest BCUT2D eigenvalue weighted by Crippen LogP contribution is -2.43. The second-order valence-electron chi connectivity index (χ2n) is 5.56. The van der Waals surface area contributed by atoms with Gasteiger partial charge in [0.2, 0.25) is 0 Å². The molecule has 1 saturated carbocycles. The molecule has 0 aromatic heterocycles. The molecule has 0 radical (unpaired) electrons. The molecule has 2 fully saturated rings. The van der Waals surface area contributed by atoms with E-state index in [1.165, 1.54) is 0 Å². The van der Waals surface area contributed by atoms with Crippen molar-refractivity contribution in [3.63, 3.8) is 0 Å². The number of ether oxygens (including phenoxy) is 1. The van der Waals surface area contributed by atoms with Crippen LogP contribution in [0.2, 0.25) is 0 Å². The second-order valence-corrected chi connectivity index (χ2v) is 7.03. The first kappa shape index (κ1) is 12.6. The van der Waals surface area contributed by atoms with E-state index < -0.39 is 27.6 Å². The zero-order chi connectivity index (χ0) is 12.9. The van der Waals surface area contributed by atoms with Gasteiger partial charge in [0.05, 0.1) is 6.54 Å². The third-order valence-electron chi connectivity index (χ3n) is 2.85. The molecule has 7 heteroatoms. The molecule has 0 N–H and O–H groups in total. The molecular weight excluding hydrogens is 246 g/mol. The SMILES string of the molecule is CC(C)(C)OC(=O)N1CC2(CCC2)OS1(=O)=O. The molecule has 1 aliphatic heterocycles.